The summed E-state index contributed by atoms with van der Waals surface area (Å²) in [4.78, 5) is 0. The molecule has 0 saturated heterocycles. The quantitative estimate of drug-likeness (QED) is 0.262. The molecule has 2 aliphatic rings. The van der Waals surface area contributed by atoms with Crippen LogP contribution >= 0.6 is 0 Å². The summed E-state index contributed by atoms with van der Waals surface area (Å²) >= 11 is -5.13. The van der Waals surface area contributed by atoms with Crippen molar-refractivity contribution in [3.63, 3.8) is 0 Å². The topological polar surface area (TPSA) is 0 Å². The minimum atomic E-state index is -5.13. The molecule has 5 rings (SSSR count). The van der Waals surface area contributed by atoms with Crippen LogP contribution in [0.3, 0.4) is 0 Å². The van der Waals surface area contributed by atoms with E-state index < -0.39 is 14.4 Å². The van der Waals surface area contributed by atoms with Gasteiger partial charge in [0.1, 0.15) is 0 Å². The van der Waals surface area contributed by atoms with E-state index in [0.717, 1.165) is 0 Å². The standard InChI is InChI=1S/2C13H15.C6H5.3CH3.H2Si.Zr/c2*1-9(2)12-6-4-5-11-7-10(3)8-13(11)12;1-2-4-6-5-3-1;;;;;/h2*4-9H,1-3H3;1-5H;3*1H3;1H2;. The molecule has 0 radical (unpaired) electrons. The van der Waals surface area contributed by atoms with Gasteiger partial charge in [0.05, 0.1) is 0 Å². The van der Waals surface area contributed by atoms with Gasteiger partial charge in [0.2, 0.25) is 0 Å². The van der Waals surface area contributed by atoms with Crippen molar-refractivity contribution in [2.24, 2.45) is 0 Å². The Morgan fingerprint density at radius 2 is 1.00 bits per heavy atom. The van der Waals surface area contributed by atoms with Gasteiger partial charge in [-0.2, -0.15) is 0 Å². The fourth-order valence-electron chi connectivity index (χ4n) is 9.57. The van der Waals surface area contributed by atoms with Crippen molar-refractivity contribution in [1.82, 2.24) is 0 Å². The van der Waals surface area contributed by atoms with Crippen LogP contribution in [0.25, 0.3) is 12.2 Å². The first-order chi connectivity index (χ1) is 17.0. The SMILES string of the molecule is CC1=Cc2c(C(C)C)cccc2[CH]1[Zr]([CH3])([CH3])([CH3])(=[SiH2])([c]1ccccc1)[CH]1C(C)=Cc2c(C(C)C)cccc21. The monoisotopic (exact) mass is 584 g/mol. The molecule has 37 heavy (non-hydrogen) atoms. The first kappa shape index (κ1) is 26.8. The Balaban J connectivity index is 1.98. The van der Waals surface area contributed by atoms with Crippen LogP contribution in [0, 0.1) is 0 Å². The molecule has 0 aromatic heterocycles. The molecule has 0 fully saturated rings. The first-order valence-electron chi connectivity index (χ1n) is 14.3. The van der Waals surface area contributed by atoms with Crippen molar-refractivity contribution in [2.45, 2.75) is 74.5 Å². The van der Waals surface area contributed by atoms with E-state index >= 15 is 0 Å². The summed E-state index contributed by atoms with van der Waals surface area (Å²) in [6.45, 7) is 16.7. The summed E-state index contributed by atoms with van der Waals surface area (Å²) in [7, 11) is 0. The summed E-state index contributed by atoms with van der Waals surface area (Å²) in [5.41, 5.74) is 12.1. The molecule has 2 aliphatic carbocycles. The van der Waals surface area contributed by atoms with Crippen molar-refractivity contribution in [2.75, 3.05) is 0 Å². The van der Waals surface area contributed by atoms with Crippen LogP contribution in [0.2, 0.25) is 13.9 Å². The molecule has 0 N–H and O–H groups in total. The third-order valence-corrected chi connectivity index (χ3v) is 43.1. The van der Waals surface area contributed by atoms with Crippen LogP contribution in [-0.4, -0.2) is 6.88 Å². The number of fused-ring (bicyclic) bond motifs is 2. The van der Waals surface area contributed by atoms with Crippen LogP contribution < -0.4 is 3.27 Å². The number of rotatable bonds is 5. The van der Waals surface area contributed by atoms with Gasteiger partial charge in [-0.15, -0.1) is 0 Å². The molecule has 0 saturated carbocycles. The molecule has 3 aromatic rings. The van der Waals surface area contributed by atoms with Crippen molar-refractivity contribution < 1.29 is 14.4 Å². The number of benzene rings is 3. The van der Waals surface area contributed by atoms with E-state index in [1.54, 1.807) is 14.4 Å². The van der Waals surface area contributed by atoms with Gasteiger partial charge in [0, 0.05) is 0 Å². The van der Waals surface area contributed by atoms with Crippen LogP contribution in [0.5, 0.6) is 0 Å². The summed E-state index contributed by atoms with van der Waals surface area (Å²) in [5, 5.41) is 0. The van der Waals surface area contributed by atoms with Gasteiger partial charge in [-0.1, -0.05) is 0 Å². The summed E-state index contributed by atoms with van der Waals surface area (Å²) in [5.74, 6) is 1.01. The third-order valence-electron chi connectivity index (χ3n) is 10.8. The molecule has 0 nitrogen and oxygen atoms in total. The molecule has 3 aromatic carbocycles. The van der Waals surface area contributed by atoms with E-state index in [0.29, 0.717) is 19.1 Å². The van der Waals surface area contributed by atoms with Crippen molar-refractivity contribution >= 4 is 22.3 Å². The van der Waals surface area contributed by atoms with E-state index in [1.165, 1.54) is 33.4 Å². The second-order valence-corrected chi connectivity index (χ2v) is 69.7. The summed E-state index contributed by atoms with van der Waals surface area (Å²) in [6.07, 6.45) is 5.10. The van der Waals surface area contributed by atoms with Gasteiger partial charge in [0.15, 0.2) is 0 Å². The average Bonchev–Trinajstić information content (AvgIpc) is 3.36. The summed E-state index contributed by atoms with van der Waals surface area (Å²) < 4.78 is 10.7. The van der Waals surface area contributed by atoms with Gasteiger partial charge in [0.25, 0.3) is 0 Å². The molecular weight excluding hydrogens is 540 g/mol. The molecule has 0 spiro atoms. The molecule has 2 heteroatoms. The fourth-order valence-corrected chi connectivity index (χ4v) is 44.0. The predicted molar refractivity (Wildman–Crippen MR) is 166 cm³/mol. The van der Waals surface area contributed by atoms with Gasteiger partial charge in [-0.25, -0.2) is 0 Å². The molecule has 0 bridgehead atoms. The Morgan fingerprint density at radius 1 is 0.595 bits per heavy atom. The van der Waals surface area contributed by atoms with Gasteiger partial charge in [-0.3, -0.25) is 0 Å². The maximum absolute atomic E-state index is 5.13. The molecule has 194 valence electrons. The Morgan fingerprint density at radius 3 is 1.38 bits per heavy atom. The molecule has 0 amide bonds. The molecule has 0 heterocycles. The van der Waals surface area contributed by atoms with E-state index in [9.17, 15) is 0 Å². The number of hydrogen-bond acceptors (Lipinski definition) is 0. The maximum atomic E-state index is 2.79. The van der Waals surface area contributed by atoms with E-state index in [1.807, 2.05) is 0 Å². The number of allylic oxidation sites excluding steroid dienone is 2. The van der Waals surface area contributed by atoms with Crippen molar-refractivity contribution in [3.05, 3.63) is 111 Å². The fraction of sp³-hybridized carbons (Fsp3) is 0.371. The number of hydrogen-bond donors (Lipinski definition) is 0. The van der Waals surface area contributed by atoms with Gasteiger partial charge in [-0.05, 0) is 0 Å². The second kappa shape index (κ2) is 7.45. The molecule has 0 aliphatic heterocycles. The van der Waals surface area contributed by atoms with Gasteiger partial charge < -0.3 is 0 Å². The Bertz CT molecular complexity index is 1530. The zero-order chi connectivity index (χ0) is 27.1. The molecule has 2 unspecified atom stereocenters. The van der Waals surface area contributed by atoms with Crippen molar-refractivity contribution in [1.29, 1.82) is 0 Å². The van der Waals surface area contributed by atoms with Crippen LogP contribution in [0.1, 0.15) is 94.0 Å². The minimum absolute atomic E-state index is 0.383. The molecule has 2 atom stereocenters. The first-order valence-corrected chi connectivity index (χ1v) is 31.6. The predicted octanol–water partition coefficient (Wildman–Crippen LogP) is 9.33. The van der Waals surface area contributed by atoms with E-state index in [4.69, 9.17) is 0 Å². The van der Waals surface area contributed by atoms with E-state index in [-0.39, 0.29) is 0 Å². The normalized spacial score (nSPS) is 22.0. The van der Waals surface area contributed by atoms with Crippen molar-refractivity contribution in [3.8, 4) is 0 Å². The molecular formula is C35H46SiZr. The third kappa shape index (κ3) is 3.40. The van der Waals surface area contributed by atoms with Crippen LogP contribution in [0.4, 0.5) is 0 Å². The van der Waals surface area contributed by atoms with Crippen LogP contribution in [-0.2, 0) is 14.4 Å². The van der Waals surface area contributed by atoms with Gasteiger partial charge >= 0.3 is 223 Å². The average molecular weight is 586 g/mol. The second-order valence-electron chi connectivity index (χ2n) is 16.1. The zero-order valence-electron chi connectivity index (χ0n) is 24.5. The Hall–Kier alpha value is -1.76. The Kier molecular flexibility index (Phi) is 5.41. The summed E-state index contributed by atoms with van der Waals surface area (Å²) in [6, 6.07) is 26.0. The Labute approximate surface area is 221 Å². The zero-order valence-corrected chi connectivity index (χ0v) is 28.4. The van der Waals surface area contributed by atoms with E-state index in [2.05, 4.69) is 141 Å². The van der Waals surface area contributed by atoms with Crippen LogP contribution in [0.15, 0.2) is 77.9 Å².